The van der Waals surface area contributed by atoms with E-state index in [0.717, 1.165) is 5.69 Å². The average Bonchev–Trinajstić information content (AvgIpc) is 2.60. The van der Waals surface area contributed by atoms with Crippen LogP contribution in [-0.4, -0.2) is 9.97 Å². The van der Waals surface area contributed by atoms with Crippen molar-refractivity contribution in [1.82, 2.24) is 9.97 Å². The smallest absolute Gasteiger partial charge is 0.0921 e. The molecule has 1 aromatic heterocycles. The third-order valence-electron chi connectivity index (χ3n) is 1.30. The molecule has 0 amide bonds. The Morgan fingerprint density at radius 2 is 1.50 bits per heavy atom. The Labute approximate surface area is 72.3 Å². The van der Waals surface area contributed by atoms with Gasteiger partial charge < -0.3 is 4.98 Å². The van der Waals surface area contributed by atoms with E-state index in [0.29, 0.717) is 0 Å². The van der Waals surface area contributed by atoms with Gasteiger partial charge in [-0.3, -0.25) is 0 Å². The minimum absolute atomic E-state index is 1.11. The molecule has 0 bridgehead atoms. The van der Waals surface area contributed by atoms with Crippen LogP contribution in [0.1, 0.15) is 5.69 Å². The van der Waals surface area contributed by atoms with Crippen LogP contribution in [0, 0.1) is 6.92 Å². The van der Waals surface area contributed by atoms with E-state index in [1.807, 2.05) is 43.3 Å². The van der Waals surface area contributed by atoms with Gasteiger partial charge in [0, 0.05) is 11.9 Å². The molecule has 2 nitrogen and oxygen atoms in total. The molecule has 2 heteroatoms. The second-order valence-electron chi connectivity index (χ2n) is 2.39. The summed E-state index contributed by atoms with van der Waals surface area (Å²) in [5.41, 5.74) is 1.11. The number of hydrogen-bond acceptors (Lipinski definition) is 1. The first-order valence-corrected chi connectivity index (χ1v) is 3.84. The van der Waals surface area contributed by atoms with Crippen molar-refractivity contribution in [3.05, 3.63) is 54.6 Å². The number of H-pyrrole nitrogens is 1. The Morgan fingerprint density at radius 1 is 1.00 bits per heavy atom. The van der Waals surface area contributed by atoms with Gasteiger partial charge in [0.15, 0.2) is 0 Å². The molecule has 0 aliphatic rings. The number of hydrogen-bond donors (Lipinski definition) is 1. The molecule has 0 saturated heterocycles. The highest BCUT2D eigenvalue weighted by Gasteiger charge is 1.73. The van der Waals surface area contributed by atoms with Crippen LogP contribution in [0.2, 0.25) is 0 Å². The number of benzene rings is 1. The third-order valence-corrected chi connectivity index (χ3v) is 1.30. The van der Waals surface area contributed by atoms with Crippen molar-refractivity contribution in [3.8, 4) is 0 Å². The maximum atomic E-state index is 3.77. The number of rotatable bonds is 0. The van der Waals surface area contributed by atoms with Gasteiger partial charge in [0.05, 0.1) is 6.33 Å². The van der Waals surface area contributed by atoms with Gasteiger partial charge in [-0.1, -0.05) is 36.4 Å². The fourth-order valence-corrected chi connectivity index (χ4v) is 0.710. The highest BCUT2D eigenvalue weighted by molar-refractivity contribution is 4.99. The van der Waals surface area contributed by atoms with E-state index in [2.05, 4.69) is 9.97 Å². The molecule has 12 heavy (non-hydrogen) atoms. The Morgan fingerprint density at radius 3 is 1.67 bits per heavy atom. The molecule has 1 heterocycles. The van der Waals surface area contributed by atoms with Crippen molar-refractivity contribution in [1.29, 1.82) is 0 Å². The predicted molar refractivity (Wildman–Crippen MR) is 49.8 cm³/mol. The zero-order chi connectivity index (χ0) is 8.65. The lowest BCUT2D eigenvalue weighted by molar-refractivity contribution is 1.25. The zero-order valence-electron chi connectivity index (χ0n) is 7.07. The summed E-state index contributed by atoms with van der Waals surface area (Å²) in [6, 6.07) is 12.0. The minimum Gasteiger partial charge on any atom is -0.349 e. The summed E-state index contributed by atoms with van der Waals surface area (Å²) < 4.78 is 0. The number of aromatic nitrogens is 2. The molecule has 0 saturated carbocycles. The van der Waals surface area contributed by atoms with E-state index in [4.69, 9.17) is 0 Å². The van der Waals surface area contributed by atoms with E-state index >= 15 is 0 Å². The minimum atomic E-state index is 1.11. The van der Waals surface area contributed by atoms with Crippen LogP contribution in [0.3, 0.4) is 0 Å². The van der Waals surface area contributed by atoms with E-state index in [9.17, 15) is 0 Å². The van der Waals surface area contributed by atoms with Gasteiger partial charge in [0.1, 0.15) is 0 Å². The summed E-state index contributed by atoms with van der Waals surface area (Å²) in [7, 11) is 0. The van der Waals surface area contributed by atoms with Crippen LogP contribution < -0.4 is 0 Å². The molecule has 1 aromatic carbocycles. The molecule has 0 spiro atoms. The van der Waals surface area contributed by atoms with Crippen molar-refractivity contribution in [2.45, 2.75) is 6.92 Å². The summed E-state index contributed by atoms with van der Waals surface area (Å²) in [4.78, 5) is 6.66. The van der Waals surface area contributed by atoms with Crippen LogP contribution in [0.25, 0.3) is 0 Å². The van der Waals surface area contributed by atoms with Gasteiger partial charge in [0.25, 0.3) is 0 Å². The molecule has 0 radical (unpaired) electrons. The number of nitrogens with one attached hydrogen (secondary N) is 1. The average molecular weight is 160 g/mol. The van der Waals surface area contributed by atoms with Gasteiger partial charge >= 0.3 is 0 Å². The van der Waals surface area contributed by atoms with Crippen LogP contribution in [0.15, 0.2) is 48.9 Å². The number of aromatic amines is 1. The van der Waals surface area contributed by atoms with Crippen molar-refractivity contribution in [2.24, 2.45) is 0 Å². The first-order valence-electron chi connectivity index (χ1n) is 3.84. The van der Waals surface area contributed by atoms with Crippen molar-refractivity contribution in [2.75, 3.05) is 0 Å². The zero-order valence-corrected chi connectivity index (χ0v) is 7.07. The fourth-order valence-electron chi connectivity index (χ4n) is 0.710. The summed E-state index contributed by atoms with van der Waals surface area (Å²) in [6.45, 7) is 1.97. The molecule has 62 valence electrons. The molecule has 0 unspecified atom stereocenters. The van der Waals surface area contributed by atoms with Gasteiger partial charge in [-0.05, 0) is 6.92 Å². The Balaban J connectivity index is 0.000000120. The second kappa shape index (κ2) is 5.13. The molecule has 2 rings (SSSR count). The van der Waals surface area contributed by atoms with Crippen LogP contribution >= 0.6 is 0 Å². The molecule has 0 aliphatic heterocycles. The van der Waals surface area contributed by atoms with Crippen LogP contribution in [0.5, 0.6) is 0 Å². The molecule has 1 N–H and O–H groups in total. The van der Waals surface area contributed by atoms with Crippen molar-refractivity contribution < 1.29 is 0 Å². The first kappa shape index (κ1) is 8.53. The van der Waals surface area contributed by atoms with Gasteiger partial charge in [-0.15, -0.1) is 0 Å². The number of aryl methyl sites for hydroxylation is 1. The first-order chi connectivity index (χ1) is 5.89. The van der Waals surface area contributed by atoms with Crippen LogP contribution in [0.4, 0.5) is 0 Å². The number of imidazole rings is 1. The molecule has 0 fully saturated rings. The van der Waals surface area contributed by atoms with Gasteiger partial charge in [-0.25, -0.2) is 4.98 Å². The fraction of sp³-hybridized carbons (Fsp3) is 0.100. The van der Waals surface area contributed by atoms with E-state index in [-0.39, 0.29) is 0 Å². The molecular weight excluding hydrogens is 148 g/mol. The molecule has 0 aliphatic carbocycles. The third kappa shape index (κ3) is 3.56. The lowest BCUT2D eigenvalue weighted by atomic mass is 10.4. The molecule has 0 atom stereocenters. The summed E-state index contributed by atoms with van der Waals surface area (Å²) in [5.74, 6) is 0. The topological polar surface area (TPSA) is 28.7 Å². The Hall–Kier alpha value is -1.57. The van der Waals surface area contributed by atoms with Crippen molar-refractivity contribution >= 4 is 0 Å². The maximum Gasteiger partial charge on any atom is 0.0921 e. The van der Waals surface area contributed by atoms with Gasteiger partial charge in [0.2, 0.25) is 0 Å². The Kier molecular flexibility index (Phi) is 3.64. The molecular formula is C10H12N2. The second-order valence-corrected chi connectivity index (χ2v) is 2.39. The van der Waals surface area contributed by atoms with Crippen LogP contribution in [-0.2, 0) is 0 Å². The maximum absolute atomic E-state index is 3.77. The summed E-state index contributed by atoms with van der Waals surface area (Å²) in [5, 5.41) is 0. The normalized spacial score (nSPS) is 8.42. The SMILES string of the molecule is Cc1cnc[nH]1.c1ccccc1. The predicted octanol–water partition coefficient (Wildman–Crippen LogP) is 2.40. The lowest BCUT2D eigenvalue weighted by Crippen LogP contribution is -1.59. The quantitative estimate of drug-likeness (QED) is 0.630. The number of nitrogens with zero attached hydrogens (tertiary/aromatic N) is 1. The highest BCUT2D eigenvalue weighted by atomic mass is 14.8. The summed E-state index contributed by atoms with van der Waals surface area (Å²) >= 11 is 0. The van der Waals surface area contributed by atoms with E-state index in [1.54, 1.807) is 12.5 Å². The Bertz CT molecular complexity index is 247. The largest absolute Gasteiger partial charge is 0.349 e. The molecule has 2 aromatic rings. The highest BCUT2D eigenvalue weighted by Crippen LogP contribution is 1.81. The van der Waals surface area contributed by atoms with E-state index in [1.165, 1.54) is 0 Å². The van der Waals surface area contributed by atoms with E-state index < -0.39 is 0 Å². The van der Waals surface area contributed by atoms with Gasteiger partial charge in [-0.2, -0.15) is 0 Å². The lowest BCUT2D eigenvalue weighted by Gasteiger charge is -1.69. The standard InChI is InChI=1S/C6H6.C4H6N2/c1-2-4-6-5-3-1;1-4-2-5-3-6-4/h1-6H;2-3H,1H3,(H,5,6). The van der Waals surface area contributed by atoms with Crippen molar-refractivity contribution in [3.63, 3.8) is 0 Å². The monoisotopic (exact) mass is 160 g/mol. The summed E-state index contributed by atoms with van der Waals surface area (Å²) in [6.07, 6.45) is 3.44.